The highest BCUT2D eigenvalue weighted by atomic mass is 35.5. The standard InChI is InChI=1S/C16H23ClFN3O3S/c1-11(22)19-9-12-6-7-21(10-16(12)20(2)3)25(23,24)13-4-5-15(18)14(17)8-13/h4-5,8,12,16H,6-7,9-10H2,1-3H3,(H,19,22)/t12-,16-/m1/s1. The highest BCUT2D eigenvalue weighted by Crippen LogP contribution is 2.28. The Hall–Kier alpha value is -1.22. The second kappa shape index (κ2) is 7.99. The van der Waals surface area contributed by atoms with Gasteiger partial charge in [0.1, 0.15) is 5.82 Å². The fraction of sp³-hybridized carbons (Fsp3) is 0.562. The molecule has 2 atom stereocenters. The van der Waals surface area contributed by atoms with Crippen LogP contribution in [0.1, 0.15) is 13.3 Å². The molecule has 0 spiro atoms. The maximum Gasteiger partial charge on any atom is 0.243 e. The molecule has 25 heavy (non-hydrogen) atoms. The molecule has 9 heteroatoms. The average Bonchev–Trinajstić information content (AvgIpc) is 2.54. The van der Waals surface area contributed by atoms with Crippen LogP contribution in [0.25, 0.3) is 0 Å². The first-order valence-electron chi connectivity index (χ1n) is 7.99. The van der Waals surface area contributed by atoms with E-state index in [-0.39, 0.29) is 27.8 Å². The van der Waals surface area contributed by atoms with Crippen molar-refractivity contribution in [2.45, 2.75) is 24.3 Å². The molecule has 1 N–H and O–H groups in total. The molecule has 1 aliphatic heterocycles. The molecule has 2 rings (SSSR count). The van der Waals surface area contributed by atoms with Gasteiger partial charge in [-0.25, -0.2) is 12.8 Å². The molecule has 1 aromatic carbocycles. The molecule has 1 fully saturated rings. The molecule has 1 heterocycles. The highest BCUT2D eigenvalue weighted by Gasteiger charge is 2.36. The Labute approximate surface area is 153 Å². The number of piperidine rings is 1. The Morgan fingerprint density at radius 1 is 1.44 bits per heavy atom. The Balaban J connectivity index is 2.20. The summed E-state index contributed by atoms with van der Waals surface area (Å²) in [6.45, 7) is 2.61. The van der Waals surface area contributed by atoms with Crippen molar-refractivity contribution in [3.63, 3.8) is 0 Å². The lowest BCUT2D eigenvalue weighted by Gasteiger charge is -2.41. The zero-order chi connectivity index (χ0) is 18.8. The molecular weight excluding hydrogens is 369 g/mol. The van der Waals surface area contributed by atoms with Crippen molar-refractivity contribution in [3.8, 4) is 0 Å². The van der Waals surface area contributed by atoms with Gasteiger partial charge in [0, 0.05) is 32.6 Å². The third-order valence-electron chi connectivity index (χ3n) is 4.49. The van der Waals surface area contributed by atoms with Crippen molar-refractivity contribution in [3.05, 3.63) is 29.0 Å². The van der Waals surface area contributed by atoms with Crippen LogP contribution in [0.15, 0.2) is 23.1 Å². The van der Waals surface area contributed by atoms with Gasteiger partial charge in [-0.2, -0.15) is 4.31 Å². The quantitative estimate of drug-likeness (QED) is 0.826. The van der Waals surface area contributed by atoms with E-state index >= 15 is 0 Å². The van der Waals surface area contributed by atoms with Crippen molar-refractivity contribution in [2.24, 2.45) is 5.92 Å². The van der Waals surface area contributed by atoms with E-state index in [1.807, 2.05) is 19.0 Å². The van der Waals surface area contributed by atoms with E-state index in [4.69, 9.17) is 11.6 Å². The number of rotatable bonds is 5. The van der Waals surface area contributed by atoms with E-state index in [0.717, 1.165) is 12.1 Å². The second-order valence-corrected chi connectivity index (χ2v) is 8.80. The van der Waals surface area contributed by atoms with Gasteiger partial charge in [-0.15, -0.1) is 0 Å². The maximum atomic E-state index is 13.3. The zero-order valence-electron chi connectivity index (χ0n) is 14.5. The van der Waals surface area contributed by atoms with E-state index in [2.05, 4.69) is 5.32 Å². The van der Waals surface area contributed by atoms with Gasteiger partial charge < -0.3 is 10.2 Å². The van der Waals surface area contributed by atoms with Crippen LogP contribution < -0.4 is 5.32 Å². The third kappa shape index (κ3) is 4.69. The Morgan fingerprint density at radius 2 is 2.12 bits per heavy atom. The largest absolute Gasteiger partial charge is 0.356 e. The van der Waals surface area contributed by atoms with Gasteiger partial charge in [0.2, 0.25) is 15.9 Å². The number of nitrogens with zero attached hydrogens (tertiary/aromatic N) is 2. The number of sulfonamides is 1. The number of hydrogen-bond acceptors (Lipinski definition) is 4. The molecule has 6 nitrogen and oxygen atoms in total. The van der Waals surface area contributed by atoms with Gasteiger partial charge >= 0.3 is 0 Å². The first kappa shape index (κ1) is 20.1. The van der Waals surface area contributed by atoms with Crippen molar-refractivity contribution in [1.82, 2.24) is 14.5 Å². The minimum Gasteiger partial charge on any atom is -0.356 e. The number of likely N-dealkylation sites (N-methyl/N-ethyl adjacent to an activating group) is 1. The van der Waals surface area contributed by atoms with Crippen LogP contribution in [0.4, 0.5) is 4.39 Å². The van der Waals surface area contributed by atoms with Crippen LogP contribution in [0, 0.1) is 11.7 Å². The van der Waals surface area contributed by atoms with Crippen molar-refractivity contribution in [1.29, 1.82) is 0 Å². The first-order chi connectivity index (χ1) is 11.6. The monoisotopic (exact) mass is 391 g/mol. The van der Waals surface area contributed by atoms with Gasteiger partial charge in [0.15, 0.2) is 0 Å². The predicted octanol–water partition coefficient (Wildman–Crippen LogP) is 1.56. The SMILES string of the molecule is CC(=O)NC[C@H]1CCN(S(=O)(=O)c2ccc(F)c(Cl)c2)C[C@H]1N(C)C. The predicted molar refractivity (Wildman–Crippen MR) is 94.4 cm³/mol. The lowest BCUT2D eigenvalue weighted by atomic mass is 9.92. The number of benzene rings is 1. The van der Waals surface area contributed by atoms with Gasteiger partial charge in [-0.3, -0.25) is 4.79 Å². The van der Waals surface area contributed by atoms with E-state index < -0.39 is 15.8 Å². The summed E-state index contributed by atoms with van der Waals surface area (Å²) in [6.07, 6.45) is 0.622. The topological polar surface area (TPSA) is 69.7 Å². The fourth-order valence-corrected chi connectivity index (χ4v) is 4.80. The number of carbonyl (C=O) groups is 1. The van der Waals surface area contributed by atoms with Gasteiger partial charge in [0.25, 0.3) is 0 Å². The molecule has 140 valence electrons. The summed E-state index contributed by atoms with van der Waals surface area (Å²) in [5.74, 6) is -0.600. The molecule has 0 unspecified atom stereocenters. The summed E-state index contributed by atoms with van der Waals surface area (Å²) in [7, 11) is 0.0162. The molecule has 0 radical (unpaired) electrons. The van der Waals surface area contributed by atoms with Crippen molar-refractivity contribution < 1.29 is 17.6 Å². The molecule has 1 aromatic rings. The summed E-state index contributed by atoms with van der Waals surface area (Å²) in [6, 6.07) is 3.39. The molecular formula is C16H23ClFN3O3S. The van der Waals surface area contributed by atoms with Crippen LogP contribution in [-0.2, 0) is 14.8 Å². The van der Waals surface area contributed by atoms with Gasteiger partial charge in [-0.05, 0) is 44.6 Å². The Kier molecular flexibility index (Phi) is 6.42. The Morgan fingerprint density at radius 3 is 2.68 bits per heavy atom. The van der Waals surface area contributed by atoms with E-state index in [1.165, 1.54) is 17.3 Å². The number of carbonyl (C=O) groups excluding carboxylic acids is 1. The summed E-state index contributed by atoms with van der Waals surface area (Å²) in [5, 5.41) is 2.59. The van der Waals surface area contributed by atoms with E-state index in [1.54, 1.807) is 0 Å². The smallest absolute Gasteiger partial charge is 0.243 e. The molecule has 0 saturated carbocycles. The normalized spacial score (nSPS) is 22.2. The van der Waals surface area contributed by atoms with Crippen LogP contribution in [0.3, 0.4) is 0 Å². The minimum absolute atomic E-state index is 0.0169. The van der Waals surface area contributed by atoms with Crippen LogP contribution >= 0.6 is 11.6 Å². The molecule has 1 amide bonds. The number of nitrogens with one attached hydrogen (secondary N) is 1. The fourth-order valence-electron chi connectivity index (χ4n) is 3.05. The van der Waals surface area contributed by atoms with Crippen LogP contribution in [-0.4, -0.2) is 63.3 Å². The first-order valence-corrected chi connectivity index (χ1v) is 9.80. The number of halogens is 2. The number of hydrogen-bond donors (Lipinski definition) is 1. The summed E-state index contributed by atoms with van der Waals surface area (Å²) >= 11 is 5.73. The third-order valence-corrected chi connectivity index (χ3v) is 6.64. The molecule has 0 aliphatic carbocycles. The molecule has 1 saturated heterocycles. The maximum absolute atomic E-state index is 13.3. The molecule has 1 aliphatic rings. The summed E-state index contributed by atoms with van der Waals surface area (Å²) in [4.78, 5) is 13.1. The Bertz CT molecular complexity index is 742. The lowest BCUT2D eigenvalue weighted by Crippen LogP contribution is -2.54. The number of amides is 1. The summed E-state index contributed by atoms with van der Waals surface area (Å²) < 4.78 is 40.4. The summed E-state index contributed by atoms with van der Waals surface area (Å²) in [5.41, 5.74) is 0. The van der Waals surface area contributed by atoms with Crippen molar-refractivity contribution >= 4 is 27.5 Å². The van der Waals surface area contributed by atoms with Crippen molar-refractivity contribution in [2.75, 3.05) is 33.7 Å². The molecule has 0 aromatic heterocycles. The second-order valence-electron chi connectivity index (χ2n) is 6.46. The van der Waals surface area contributed by atoms with Crippen LogP contribution in [0.5, 0.6) is 0 Å². The highest BCUT2D eigenvalue weighted by molar-refractivity contribution is 7.89. The van der Waals surface area contributed by atoms with Gasteiger partial charge in [-0.1, -0.05) is 11.6 Å². The minimum atomic E-state index is -3.75. The van der Waals surface area contributed by atoms with E-state index in [9.17, 15) is 17.6 Å². The molecule has 0 bridgehead atoms. The zero-order valence-corrected chi connectivity index (χ0v) is 16.1. The van der Waals surface area contributed by atoms with E-state index in [0.29, 0.717) is 26.1 Å². The van der Waals surface area contributed by atoms with Crippen LogP contribution in [0.2, 0.25) is 5.02 Å². The lowest BCUT2D eigenvalue weighted by molar-refractivity contribution is -0.119. The average molecular weight is 392 g/mol. The van der Waals surface area contributed by atoms with Gasteiger partial charge in [0.05, 0.1) is 9.92 Å².